The second kappa shape index (κ2) is 4.15. The minimum Gasteiger partial charge on any atom is -0.461 e. The highest BCUT2D eigenvalue weighted by Crippen LogP contribution is 2.38. The van der Waals surface area contributed by atoms with Gasteiger partial charge in [0.15, 0.2) is 5.76 Å². The van der Waals surface area contributed by atoms with E-state index in [1.165, 1.54) is 0 Å². The van der Waals surface area contributed by atoms with Gasteiger partial charge in [-0.05, 0) is 30.3 Å². The van der Waals surface area contributed by atoms with Crippen LogP contribution in [0, 0.1) is 0 Å². The van der Waals surface area contributed by atoms with E-state index in [2.05, 4.69) is 10.2 Å². The van der Waals surface area contributed by atoms with Gasteiger partial charge in [-0.2, -0.15) is 0 Å². The molecule has 0 saturated carbocycles. The van der Waals surface area contributed by atoms with E-state index < -0.39 is 0 Å². The number of rotatable bonds is 1. The van der Waals surface area contributed by atoms with Crippen LogP contribution in [0.1, 0.15) is 5.82 Å². The van der Waals surface area contributed by atoms with Crippen molar-refractivity contribution >= 4 is 23.4 Å². The zero-order chi connectivity index (χ0) is 12.8. The topological polar surface area (TPSA) is 43.9 Å². The molecule has 3 aromatic rings. The average Bonchev–Trinajstić information content (AvgIpc) is 3.06. The summed E-state index contributed by atoms with van der Waals surface area (Å²) in [5, 5.41) is 9.21. The Morgan fingerprint density at radius 2 is 2.21 bits per heavy atom. The summed E-state index contributed by atoms with van der Waals surface area (Å²) >= 11 is 7.76. The van der Waals surface area contributed by atoms with Crippen molar-refractivity contribution in [3.05, 3.63) is 47.4 Å². The van der Waals surface area contributed by atoms with Crippen LogP contribution in [-0.4, -0.2) is 14.8 Å². The molecule has 0 N–H and O–H groups in total. The maximum Gasteiger partial charge on any atom is 0.204 e. The number of hydrogen-bond donors (Lipinski definition) is 0. The summed E-state index contributed by atoms with van der Waals surface area (Å²) in [6.45, 7) is 0. The minimum atomic E-state index is 0.714. The van der Waals surface area contributed by atoms with Gasteiger partial charge in [0.1, 0.15) is 5.82 Å². The number of aromatic nitrogens is 3. The highest BCUT2D eigenvalue weighted by Gasteiger charge is 2.23. The van der Waals surface area contributed by atoms with Gasteiger partial charge >= 0.3 is 0 Å². The fourth-order valence-corrected chi connectivity index (χ4v) is 3.38. The first-order chi connectivity index (χ1) is 9.33. The molecule has 19 heavy (non-hydrogen) atoms. The number of nitrogens with zero attached hydrogens (tertiary/aromatic N) is 3. The smallest absolute Gasteiger partial charge is 0.204 e. The van der Waals surface area contributed by atoms with Crippen molar-refractivity contribution in [2.45, 2.75) is 10.6 Å². The molecule has 0 atom stereocenters. The van der Waals surface area contributed by atoms with Gasteiger partial charge in [0.05, 0.1) is 17.7 Å². The first-order valence-electron chi connectivity index (χ1n) is 5.74. The van der Waals surface area contributed by atoms with Crippen molar-refractivity contribution in [2.75, 3.05) is 0 Å². The van der Waals surface area contributed by atoms with Crippen LogP contribution in [-0.2, 0) is 5.75 Å². The third-order valence-corrected chi connectivity index (χ3v) is 4.27. The summed E-state index contributed by atoms with van der Waals surface area (Å²) < 4.78 is 7.46. The first-order valence-corrected chi connectivity index (χ1v) is 7.10. The van der Waals surface area contributed by atoms with Gasteiger partial charge in [-0.3, -0.25) is 4.57 Å². The van der Waals surface area contributed by atoms with Gasteiger partial charge in [-0.15, -0.1) is 22.0 Å². The molecule has 0 saturated heterocycles. The van der Waals surface area contributed by atoms with Crippen molar-refractivity contribution < 1.29 is 4.42 Å². The third-order valence-electron chi connectivity index (χ3n) is 2.99. The molecule has 4 rings (SSSR count). The van der Waals surface area contributed by atoms with Crippen LogP contribution in [0.5, 0.6) is 0 Å². The van der Waals surface area contributed by atoms with E-state index in [1.54, 1.807) is 18.0 Å². The molecule has 1 aliphatic rings. The largest absolute Gasteiger partial charge is 0.461 e. The van der Waals surface area contributed by atoms with Crippen molar-refractivity contribution in [3.8, 4) is 17.3 Å². The molecule has 2 aromatic heterocycles. The molecule has 0 aliphatic carbocycles. The van der Waals surface area contributed by atoms with E-state index >= 15 is 0 Å². The molecule has 0 bridgehead atoms. The van der Waals surface area contributed by atoms with Crippen LogP contribution >= 0.6 is 23.4 Å². The summed E-state index contributed by atoms with van der Waals surface area (Å²) in [6, 6.07) is 9.56. The fraction of sp³-hybridized carbons (Fsp3) is 0.0769. The molecule has 0 radical (unpaired) electrons. The number of halogens is 1. The minimum absolute atomic E-state index is 0.714. The van der Waals surface area contributed by atoms with Crippen molar-refractivity contribution in [1.29, 1.82) is 0 Å². The molecule has 0 fully saturated rings. The first kappa shape index (κ1) is 11.1. The van der Waals surface area contributed by atoms with E-state index in [4.69, 9.17) is 16.0 Å². The number of fused-ring (bicyclic) bond motifs is 3. The van der Waals surface area contributed by atoms with Gasteiger partial charge in [-0.25, -0.2) is 0 Å². The van der Waals surface area contributed by atoms with Crippen molar-refractivity contribution in [1.82, 2.24) is 14.8 Å². The summed E-state index contributed by atoms with van der Waals surface area (Å²) in [7, 11) is 0. The number of thioether (sulfide) groups is 1. The molecule has 1 aromatic carbocycles. The maximum atomic E-state index is 6.04. The molecule has 0 amide bonds. The Kier molecular flexibility index (Phi) is 2.43. The maximum absolute atomic E-state index is 6.04. The molecule has 4 nitrogen and oxygen atoms in total. The fourth-order valence-electron chi connectivity index (χ4n) is 2.16. The number of furan rings is 1. The Hall–Kier alpha value is -1.72. The van der Waals surface area contributed by atoms with Gasteiger partial charge in [0.25, 0.3) is 0 Å². The molecular weight excluding hydrogens is 282 g/mol. The van der Waals surface area contributed by atoms with Gasteiger partial charge < -0.3 is 4.42 Å². The lowest BCUT2D eigenvalue weighted by molar-refractivity contribution is 0.575. The molecule has 3 heterocycles. The van der Waals surface area contributed by atoms with E-state index in [-0.39, 0.29) is 0 Å². The monoisotopic (exact) mass is 289 g/mol. The predicted molar refractivity (Wildman–Crippen MR) is 73.6 cm³/mol. The highest BCUT2D eigenvalue weighted by atomic mass is 35.5. The SMILES string of the molecule is Clc1ccc2c(c1)SCc1nnc(-c3ccco3)n1-2. The quantitative estimate of drug-likeness (QED) is 0.684. The zero-order valence-corrected chi connectivity index (χ0v) is 11.3. The summed E-state index contributed by atoms with van der Waals surface area (Å²) in [5.41, 5.74) is 1.05. The molecule has 0 spiro atoms. The van der Waals surface area contributed by atoms with Gasteiger partial charge in [0.2, 0.25) is 5.82 Å². The van der Waals surface area contributed by atoms with Gasteiger partial charge in [-0.1, -0.05) is 11.6 Å². The highest BCUT2D eigenvalue weighted by molar-refractivity contribution is 7.98. The van der Waals surface area contributed by atoms with Gasteiger partial charge in [0, 0.05) is 9.92 Å². The van der Waals surface area contributed by atoms with Crippen molar-refractivity contribution in [3.63, 3.8) is 0 Å². The summed E-state index contributed by atoms with van der Waals surface area (Å²) in [5.74, 6) is 3.14. The van der Waals surface area contributed by atoms with E-state index in [9.17, 15) is 0 Å². The molecule has 0 unspecified atom stereocenters. The average molecular weight is 290 g/mol. The van der Waals surface area contributed by atoms with Crippen LogP contribution in [0.25, 0.3) is 17.3 Å². The lowest BCUT2D eigenvalue weighted by Gasteiger charge is -2.18. The molecule has 94 valence electrons. The number of hydrogen-bond acceptors (Lipinski definition) is 4. The van der Waals surface area contributed by atoms with Crippen LogP contribution < -0.4 is 0 Å². The standard InChI is InChI=1S/C13H8ClN3OS/c14-8-3-4-9-11(6-8)19-7-12-15-16-13(17(9)12)10-2-1-5-18-10/h1-6H,7H2. The predicted octanol–water partition coefficient (Wildman–Crippen LogP) is 3.79. The zero-order valence-electron chi connectivity index (χ0n) is 9.71. The molecule has 6 heteroatoms. The Bertz CT molecular complexity index is 751. The van der Waals surface area contributed by atoms with E-state index in [0.717, 1.165) is 33.0 Å². The second-order valence-electron chi connectivity index (χ2n) is 4.15. The Morgan fingerprint density at radius 3 is 3.05 bits per heavy atom. The summed E-state index contributed by atoms with van der Waals surface area (Å²) in [6.07, 6.45) is 1.64. The van der Waals surface area contributed by atoms with E-state index in [0.29, 0.717) is 5.76 Å². The lowest BCUT2D eigenvalue weighted by atomic mass is 10.3. The summed E-state index contributed by atoms with van der Waals surface area (Å²) in [4.78, 5) is 1.13. The van der Waals surface area contributed by atoms with Crippen LogP contribution in [0.3, 0.4) is 0 Å². The third kappa shape index (κ3) is 1.69. The van der Waals surface area contributed by atoms with Crippen LogP contribution in [0.4, 0.5) is 0 Å². The van der Waals surface area contributed by atoms with Crippen LogP contribution in [0.2, 0.25) is 5.02 Å². The second-order valence-corrected chi connectivity index (χ2v) is 5.61. The Balaban J connectivity index is 1.97. The van der Waals surface area contributed by atoms with Crippen LogP contribution in [0.15, 0.2) is 45.9 Å². The number of benzene rings is 1. The molecule has 1 aliphatic heterocycles. The lowest BCUT2D eigenvalue weighted by Crippen LogP contribution is -2.07. The van der Waals surface area contributed by atoms with E-state index in [1.807, 2.05) is 34.9 Å². The normalized spacial score (nSPS) is 13.1. The van der Waals surface area contributed by atoms with Crippen molar-refractivity contribution in [2.24, 2.45) is 0 Å². The molecular formula is C13H8ClN3OS. The Labute approximate surface area is 118 Å². The Morgan fingerprint density at radius 1 is 1.26 bits per heavy atom.